The highest BCUT2D eigenvalue weighted by Gasteiger charge is 2.30. The average molecular weight is 1550 g/mol. The fourth-order valence-corrected chi connectivity index (χ4v) is 15.2. The molecule has 0 saturated heterocycles. The van der Waals surface area contributed by atoms with Gasteiger partial charge in [0, 0.05) is 25.7 Å². The van der Waals surface area contributed by atoms with Crippen molar-refractivity contribution in [1.82, 2.24) is 0 Å². The van der Waals surface area contributed by atoms with Crippen LogP contribution in [0.25, 0.3) is 0 Å². The number of aliphatic hydroxyl groups excluding tert-OH is 1. The molecule has 0 amide bonds. The van der Waals surface area contributed by atoms with Crippen molar-refractivity contribution in [3.63, 3.8) is 0 Å². The molecule has 0 aliphatic heterocycles. The van der Waals surface area contributed by atoms with Gasteiger partial charge >= 0.3 is 39.5 Å². The Morgan fingerprint density at radius 3 is 0.642 bits per heavy atom. The predicted octanol–water partition coefficient (Wildman–Crippen LogP) is 26.6. The molecule has 5 atom stereocenters. The number of hydrogen-bond acceptors (Lipinski definition) is 15. The lowest BCUT2D eigenvalue weighted by molar-refractivity contribution is -0.161. The Morgan fingerprint density at radius 2 is 0.434 bits per heavy atom. The number of hydrogen-bond donors (Lipinski definition) is 3. The van der Waals surface area contributed by atoms with E-state index in [1.165, 1.54) is 283 Å². The number of rotatable bonds is 86. The van der Waals surface area contributed by atoms with Crippen molar-refractivity contribution in [2.45, 2.75) is 484 Å². The lowest BCUT2D eigenvalue weighted by Crippen LogP contribution is -2.30. The molecule has 0 aromatic rings. The largest absolute Gasteiger partial charge is 0.472 e. The van der Waals surface area contributed by atoms with Crippen molar-refractivity contribution >= 4 is 39.5 Å². The van der Waals surface area contributed by atoms with Crippen LogP contribution < -0.4 is 0 Å². The molecule has 0 heterocycles. The summed E-state index contributed by atoms with van der Waals surface area (Å²) in [4.78, 5) is 73.3. The molecule has 0 aromatic heterocycles. The van der Waals surface area contributed by atoms with E-state index in [9.17, 15) is 43.2 Å². The van der Waals surface area contributed by atoms with Gasteiger partial charge in [-0.2, -0.15) is 0 Å². The highest BCUT2D eigenvalue weighted by atomic mass is 31.2. The third-order valence-corrected chi connectivity index (χ3v) is 22.4. The minimum atomic E-state index is -4.97. The second kappa shape index (κ2) is 78.3. The van der Waals surface area contributed by atoms with Gasteiger partial charge in [-0.1, -0.05) is 414 Å². The number of carbonyl (C=O) groups excluding carboxylic acids is 4. The van der Waals surface area contributed by atoms with Gasteiger partial charge in [0.2, 0.25) is 0 Å². The van der Waals surface area contributed by atoms with E-state index >= 15 is 0 Å². The van der Waals surface area contributed by atoms with Crippen LogP contribution >= 0.6 is 15.6 Å². The van der Waals surface area contributed by atoms with Crippen molar-refractivity contribution in [2.75, 3.05) is 39.6 Å². The van der Waals surface area contributed by atoms with E-state index < -0.39 is 97.5 Å². The number of phosphoric ester groups is 2. The first-order valence-electron chi connectivity index (χ1n) is 45.0. The van der Waals surface area contributed by atoms with E-state index in [1.807, 2.05) is 0 Å². The van der Waals surface area contributed by atoms with Crippen LogP contribution in [0.3, 0.4) is 0 Å². The molecule has 0 fully saturated rings. The molecule has 0 saturated carbocycles. The summed E-state index contributed by atoms with van der Waals surface area (Å²) in [5.41, 5.74) is 0. The molecule has 0 aliphatic carbocycles. The second-order valence-electron chi connectivity index (χ2n) is 32.2. The Balaban J connectivity index is 5.24. The first kappa shape index (κ1) is 104. The molecule has 0 bridgehead atoms. The van der Waals surface area contributed by atoms with Gasteiger partial charge in [-0.3, -0.25) is 37.3 Å². The van der Waals surface area contributed by atoms with Crippen LogP contribution in [0.2, 0.25) is 0 Å². The van der Waals surface area contributed by atoms with Crippen LogP contribution in [0.1, 0.15) is 465 Å². The summed E-state index contributed by atoms with van der Waals surface area (Å²) in [7, 11) is -9.93. The van der Waals surface area contributed by atoms with Gasteiger partial charge in [0.05, 0.1) is 26.4 Å². The first-order valence-corrected chi connectivity index (χ1v) is 48.0. The van der Waals surface area contributed by atoms with Gasteiger partial charge in [-0.15, -0.1) is 0 Å². The van der Waals surface area contributed by atoms with Crippen molar-refractivity contribution < 1.29 is 80.2 Å². The van der Waals surface area contributed by atoms with Crippen molar-refractivity contribution in [3.05, 3.63) is 0 Å². The molecule has 19 heteroatoms. The molecular weight excluding hydrogens is 1380 g/mol. The fraction of sp³-hybridized carbons (Fsp3) is 0.954. The lowest BCUT2D eigenvalue weighted by Gasteiger charge is -2.21. The van der Waals surface area contributed by atoms with Gasteiger partial charge < -0.3 is 33.8 Å². The molecule has 106 heavy (non-hydrogen) atoms. The minimum Gasteiger partial charge on any atom is -0.462 e. The summed E-state index contributed by atoms with van der Waals surface area (Å²) in [6, 6.07) is 0. The summed E-state index contributed by atoms with van der Waals surface area (Å²) in [5.74, 6) is -0.500. The molecule has 0 rings (SSSR count). The van der Waals surface area contributed by atoms with Gasteiger partial charge in [0.1, 0.15) is 19.3 Å². The second-order valence-corrected chi connectivity index (χ2v) is 35.1. The van der Waals surface area contributed by atoms with Gasteiger partial charge in [0.15, 0.2) is 12.2 Å². The summed E-state index contributed by atoms with van der Waals surface area (Å²) >= 11 is 0. The topological polar surface area (TPSA) is 237 Å². The van der Waals surface area contributed by atoms with Crippen LogP contribution in [-0.2, 0) is 65.4 Å². The fourth-order valence-electron chi connectivity index (χ4n) is 13.6. The number of unbranched alkanes of at least 4 members (excludes halogenated alkanes) is 56. The monoisotopic (exact) mass is 1550 g/mol. The van der Waals surface area contributed by atoms with Crippen molar-refractivity contribution in [2.24, 2.45) is 11.8 Å². The maximum absolute atomic E-state index is 13.2. The number of phosphoric acid groups is 2. The zero-order valence-electron chi connectivity index (χ0n) is 69.7. The molecule has 630 valence electrons. The first-order chi connectivity index (χ1) is 51.4. The van der Waals surface area contributed by atoms with Crippen molar-refractivity contribution in [3.8, 4) is 0 Å². The zero-order valence-corrected chi connectivity index (χ0v) is 71.5. The van der Waals surface area contributed by atoms with Crippen LogP contribution in [0.15, 0.2) is 0 Å². The van der Waals surface area contributed by atoms with Gasteiger partial charge in [-0.25, -0.2) is 9.13 Å². The van der Waals surface area contributed by atoms with Crippen LogP contribution in [0.5, 0.6) is 0 Å². The summed E-state index contributed by atoms with van der Waals surface area (Å²) in [6.45, 7) is 9.72. The molecule has 0 aromatic carbocycles. The summed E-state index contributed by atoms with van der Waals surface area (Å²) < 4.78 is 68.9. The molecule has 0 spiro atoms. The maximum atomic E-state index is 13.2. The summed E-state index contributed by atoms with van der Waals surface area (Å²) in [6.07, 6.45) is 70.8. The molecule has 0 aliphatic rings. The number of esters is 4. The van der Waals surface area contributed by atoms with Crippen LogP contribution in [0.4, 0.5) is 0 Å². The van der Waals surface area contributed by atoms with Crippen LogP contribution in [-0.4, -0.2) is 96.7 Å². The predicted molar refractivity (Wildman–Crippen MR) is 437 cm³/mol. The third kappa shape index (κ3) is 80.1. The van der Waals surface area contributed by atoms with E-state index in [-0.39, 0.29) is 25.7 Å². The van der Waals surface area contributed by atoms with Crippen molar-refractivity contribution in [1.29, 1.82) is 0 Å². The van der Waals surface area contributed by atoms with Gasteiger partial charge in [-0.05, 0) is 37.5 Å². The Labute approximate surface area is 651 Å². The lowest BCUT2D eigenvalue weighted by atomic mass is 10.0. The van der Waals surface area contributed by atoms with E-state index in [1.54, 1.807) is 0 Å². The molecule has 2 unspecified atom stereocenters. The average Bonchev–Trinajstić information content (AvgIpc) is 0.896. The smallest absolute Gasteiger partial charge is 0.462 e. The Morgan fingerprint density at radius 1 is 0.255 bits per heavy atom. The molecule has 17 nitrogen and oxygen atoms in total. The van der Waals surface area contributed by atoms with Crippen LogP contribution in [0, 0.1) is 11.8 Å². The van der Waals surface area contributed by atoms with E-state index in [0.717, 1.165) is 102 Å². The zero-order chi connectivity index (χ0) is 77.8. The van der Waals surface area contributed by atoms with E-state index in [4.69, 9.17) is 37.0 Å². The Hall–Kier alpha value is -1.94. The number of carbonyl (C=O) groups is 4. The molecule has 3 N–H and O–H groups in total. The molecule has 0 radical (unpaired) electrons. The van der Waals surface area contributed by atoms with Gasteiger partial charge in [0.25, 0.3) is 0 Å². The number of aliphatic hydroxyl groups is 1. The Kier molecular flexibility index (Phi) is 76.9. The van der Waals surface area contributed by atoms with E-state index in [0.29, 0.717) is 25.7 Å². The SMILES string of the molecule is CCCCCCCCCCCCCCCCCCCCCCC(=O)O[C@H](COC(=O)CCCCCCCCCCCCCCCCCCC(C)C)COP(=O)(O)OC[C@@H](O)COP(=O)(O)OC[C@@H](COC(=O)CCCCCCCCCCCCC)OC(=O)CCCCCCCCCCCCCCCC(C)C. The highest BCUT2D eigenvalue weighted by Crippen LogP contribution is 2.45. The van der Waals surface area contributed by atoms with E-state index in [2.05, 4.69) is 41.5 Å². The highest BCUT2D eigenvalue weighted by molar-refractivity contribution is 7.47. The summed E-state index contributed by atoms with van der Waals surface area (Å²) in [5, 5.41) is 10.7. The Bertz CT molecular complexity index is 2030. The third-order valence-electron chi connectivity index (χ3n) is 20.5. The standard InChI is InChI=1S/C87H170O17P2/c1-7-9-11-13-15-17-19-20-21-22-23-24-25-30-35-41-47-53-59-65-71-86(91)104-83(76-98-85(90)70-64-58-52-46-40-34-29-27-26-28-32-38-43-49-55-61-67-79(3)4)78-102-106(95,96)100-74-81(88)73-99-105(93,94)101-77-82(75-97-84(89)69-63-57-51-45-37-18-16-14-12-10-8-2)103-87(92)72-66-60-54-48-42-36-31-33-39-44-50-56-62-68-80(5)6/h79-83,88H,7-78H2,1-6H3,(H,93,94)(H,95,96)/t81-,82+,83+/m0/s1. The minimum absolute atomic E-state index is 0.108. The maximum Gasteiger partial charge on any atom is 0.472 e. The number of ether oxygens (including phenoxy) is 4. The quantitative estimate of drug-likeness (QED) is 0.0222. The normalized spacial score (nSPS) is 13.8. The molecular formula is C87H170O17P2.